The monoisotopic (exact) mass is 310 g/mol. The fourth-order valence-corrected chi connectivity index (χ4v) is 2.12. The molecule has 2 aromatic rings. The van der Waals surface area contributed by atoms with Gasteiger partial charge in [0.05, 0.1) is 0 Å². The van der Waals surface area contributed by atoms with Crippen molar-refractivity contribution in [1.82, 2.24) is 5.32 Å². The lowest BCUT2D eigenvalue weighted by atomic mass is 10.1. The second-order valence-corrected chi connectivity index (χ2v) is 5.41. The SMILES string of the molecule is Cc1ccc(C)c(NC(=S)NC(=O)C=Cc2ccccc2)c1. The Balaban J connectivity index is 1.93. The van der Waals surface area contributed by atoms with Crippen LogP contribution in [0, 0.1) is 13.8 Å². The van der Waals surface area contributed by atoms with Gasteiger partial charge >= 0.3 is 0 Å². The van der Waals surface area contributed by atoms with Crippen LogP contribution in [0.2, 0.25) is 0 Å². The highest BCUT2D eigenvalue weighted by Crippen LogP contribution is 2.16. The van der Waals surface area contributed by atoms with Gasteiger partial charge in [0.2, 0.25) is 5.91 Å². The van der Waals surface area contributed by atoms with Gasteiger partial charge in [0, 0.05) is 11.8 Å². The number of aryl methyl sites for hydroxylation is 2. The van der Waals surface area contributed by atoms with E-state index in [-0.39, 0.29) is 11.0 Å². The lowest BCUT2D eigenvalue weighted by Crippen LogP contribution is -2.33. The highest BCUT2D eigenvalue weighted by molar-refractivity contribution is 7.80. The summed E-state index contributed by atoms with van der Waals surface area (Å²) in [5.41, 5.74) is 4.07. The molecule has 22 heavy (non-hydrogen) atoms. The Labute approximate surface area is 136 Å². The molecule has 2 aromatic carbocycles. The molecular formula is C18H18N2OS. The van der Waals surface area contributed by atoms with Gasteiger partial charge in [-0.15, -0.1) is 0 Å². The standard InChI is InChI=1S/C18H18N2OS/c1-13-8-9-14(2)16(12-13)19-18(22)20-17(21)11-10-15-6-4-3-5-7-15/h3-12H,1-2H3,(H2,19,20,21,22). The second-order valence-electron chi connectivity index (χ2n) is 5.01. The van der Waals surface area contributed by atoms with Gasteiger partial charge in [-0.2, -0.15) is 0 Å². The number of benzene rings is 2. The third-order valence-corrected chi connectivity index (χ3v) is 3.31. The zero-order chi connectivity index (χ0) is 15.9. The molecule has 0 spiro atoms. The van der Waals surface area contributed by atoms with Crippen molar-refractivity contribution in [2.24, 2.45) is 0 Å². The highest BCUT2D eigenvalue weighted by Gasteiger charge is 2.04. The molecular weight excluding hydrogens is 292 g/mol. The molecule has 0 aliphatic rings. The normalized spacial score (nSPS) is 10.5. The van der Waals surface area contributed by atoms with E-state index in [1.54, 1.807) is 6.08 Å². The summed E-state index contributed by atoms with van der Waals surface area (Å²) in [7, 11) is 0. The first-order chi connectivity index (χ1) is 10.5. The van der Waals surface area contributed by atoms with Crippen LogP contribution in [0.4, 0.5) is 5.69 Å². The lowest BCUT2D eigenvalue weighted by Gasteiger charge is -2.11. The van der Waals surface area contributed by atoms with Gasteiger partial charge in [0.1, 0.15) is 0 Å². The Hall–Kier alpha value is -2.46. The van der Waals surface area contributed by atoms with Crippen LogP contribution in [-0.2, 0) is 4.79 Å². The maximum atomic E-state index is 11.8. The number of hydrogen-bond donors (Lipinski definition) is 2. The minimum atomic E-state index is -0.258. The summed E-state index contributed by atoms with van der Waals surface area (Å²) in [6.07, 6.45) is 3.21. The molecule has 0 bridgehead atoms. The molecule has 4 heteroatoms. The van der Waals surface area contributed by atoms with Gasteiger partial charge in [0.25, 0.3) is 0 Å². The summed E-state index contributed by atoms with van der Waals surface area (Å²) in [5, 5.41) is 5.97. The number of amides is 1. The molecule has 0 saturated heterocycles. The molecule has 0 aliphatic heterocycles. The Morgan fingerprint density at radius 3 is 2.55 bits per heavy atom. The average molecular weight is 310 g/mol. The highest BCUT2D eigenvalue weighted by atomic mass is 32.1. The third-order valence-electron chi connectivity index (χ3n) is 3.10. The van der Waals surface area contributed by atoms with Crippen LogP contribution in [0.1, 0.15) is 16.7 Å². The lowest BCUT2D eigenvalue weighted by molar-refractivity contribution is -0.115. The molecule has 0 unspecified atom stereocenters. The van der Waals surface area contributed by atoms with Crippen molar-refractivity contribution >= 4 is 35.0 Å². The average Bonchev–Trinajstić information content (AvgIpc) is 2.50. The Morgan fingerprint density at radius 2 is 1.82 bits per heavy atom. The maximum absolute atomic E-state index is 11.8. The van der Waals surface area contributed by atoms with Crippen LogP contribution in [0.25, 0.3) is 6.08 Å². The van der Waals surface area contributed by atoms with E-state index in [1.165, 1.54) is 6.08 Å². The summed E-state index contributed by atoms with van der Waals surface area (Å²) < 4.78 is 0. The zero-order valence-electron chi connectivity index (χ0n) is 12.6. The number of anilines is 1. The first-order valence-electron chi connectivity index (χ1n) is 6.97. The van der Waals surface area contributed by atoms with Crippen molar-refractivity contribution in [3.63, 3.8) is 0 Å². The fraction of sp³-hybridized carbons (Fsp3) is 0.111. The molecule has 0 aliphatic carbocycles. The number of thiocarbonyl (C=S) groups is 1. The molecule has 0 aromatic heterocycles. The van der Waals surface area contributed by atoms with E-state index >= 15 is 0 Å². The van der Waals surface area contributed by atoms with E-state index in [9.17, 15) is 4.79 Å². The number of nitrogens with one attached hydrogen (secondary N) is 2. The van der Waals surface area contributed by atoms with Crippen molar-refractivity contribution < 1.29 is 4.79 Å². The number of rotatable bonds is 3. The molecule has 0 heterocycles. The van der Waals surface area contributed by atoms with Crippen molar-refractivity contribution in [3.8, 4) is 0 Å². The van der Waals surface area contributed by atoms with Crippen molar-refractivity contribution in [3.05, 3.63) is 71.3 Å². The molecule has 0 saturated carbocycles. The molecule has 3 nitrogen and oxygen atoms in total. The summed E-state index contributed by atoms with van der Waals surface area (Å²) in [6, 6.07) is 15.7. The van der Waals surface area contributed by atoms with Crippen LogP contribution in [0.3, 0.4) is 0 Å². The fourth-order valence-electron chi connectivity index (χ4n) is 1.91. The maximum Gasteiger partial charge on any atom is 0.250 e. The van der Waals surface area contributed by atoms with Crippen molar-refractivity contribution in [2.45, 2.75) is 13.8 Å². The van der Waals surface area contributed by atoms with Gasteiger partial charge in [-0.1, -0.05) is 42.5 Å². The topological polar surface area (TPSA) is 41.1 Å². The quantitative estimate of drug-likeness (QED) is 0.669. The van der Waals surface area contributed by atoms with Crippen LogP contribution >= 0.6 is 12.2 Å². The smallest absolute Gasteiger partial charge is 0.250 e. The largest absolute Gasteiger partial charge is 0.332 e. The van der Waals surface area contributed by atoms with Gasteiger partial charge in [-0.05, 0) is 54.9 Å². The third kappa shape index (κ3) is 4.82. The van der Waals surface area contributed by atoms with Crippen LogP contribution in [0.5, 0.6) is 0 Å². The number of carbonyl (C=O) groups is 1. The number of hydrogen-bond acceptors (Lipinski definition) is 2. The Kier molecular flexibility index (Phi) is 5.44. The summed E-state index contributed by atoms with van der Waals surface area (Å²) in [6.45, 7) is 4.00. The Morgan fingerprint density at radius 1 is 1.09 bits per heavy atom. The van der Waals surface area contributed by atoms with Gasteiger partial charge < -0.3 is 5.32 Å². The van der Waals surface area contributed by atoms with Crippen molar-refractivity contribution in [1.29, 1.82) is 0 Å². The van der Waals surface area contributed by atoms with Gasteiger partial charge in [-0.3, -0.25) is 10.1 Å². The Bertz CT molecular complexity index is 708. The predicted molar refractivity (Wildman–Crippen MR) is 95.8 cm³/mol. The summed E-state index contributed by atoms with van der Waals surface area (Å²) in [4.78, 5) is 11.8. The van der Waals surface area contributed by atoms with Crippen LogP contribution < -0.4 is 10.6 Å². The van der Waals surface area contributed by atoms with Gasteiger partial charge in [0.15, 0.2) is 5.11 Å². The molecule has 0 radical (unpaired) electrons. The first kappa shape index (κ1) is 15.9. The van der Waals surface area contributed by atoms with Crippen LogP contribution in [0.15, 0.2) is 54.6 Å². The van der Waals surface area contributed by atoms with E-state index in [4.69, 9.17) is 12.2 Å². The van der Waals surface area contributed by atoms with E-state index in [0.717, 1.165) is 22.4 Å². The van der Waals surface area contributed by atoms with E-state index < -0.39 is 0 Å². The van der Waals surface area contributed by atoms with E-state index in [0.29, 0.717) is 0 Å². The second kappa shape index (κ2) is 7.52. The minimum absolute atomic E-state index is 0.258. The molecule has 1 amide bonds. The molecule has 2 rings (SSSR count). The zero-order valence-corrected chi connectivity index (χ0v) is 13.4. The summed E-state index contributed by atoms with van der Waals surface area (Å²) >= 11 is 5.17. The van der Waals surface area contributed by atoms with Crippen LogP contribution in [-0.4, -0.2) is 11.0 Å². The molecule has 112 valence electrons. The molecule has 2 N–H and O–H groups in total. The van der Waals surface area contributed by atoms with E-state index in [1.807, 2.05) is 62.4 Å². The molecule has 0 fully saturated rings. The predicted octanol–water partition coefficient (Wildman–Crippen LogP) is 3.83. The number of carbonyl (C=O) groups excluding carboxylic acids is 1. The first-order valence-corrected chi connectivity index (χ1v) is 7.38. The minimum Gasteiger partial charge on any atom is -0.332 e. The van der Waals surface area contributed by atoms with Crippen molar-refractivity contribution in [2.75, 3.05) is 5.32 Å². The van der Waals surface area contributed by atoms with E-state index in [2.05, 4.69) is 10.6 Å². The summed E-state index contributed by atoms with van der Waals surface area (Å²) in [5.74, 6) is -0.258. The molecule has 0 atom stereocenters. The van der Waals surface area contributed by atoms with Gasteiger partial charge in [-0.25, -0.2) is 0 Å².